The number of alkyl halides is 4. The Hall–Kier alpha value is -2.96. The van der Waals surface area contributed by atoms with E-state index in [2.05, 4.69) is 6.92 Å². The summed E-state index contributed by atoms with van der Waals surface area (Å²) < 4.78 is 95.2. The highest BCUT2D eigenvalue weighted by Crippen LogP contribution is 2.60. The smallest absolute Gasteiger partial charge is 0.343 e. The van der Waals surface area contributed by atoms with E-state index >= 15 is 13.2 Å². The van der Waals surface area contributed by atoms with Crippen LogP contribution in [0.25, 0.3) is 11.1 Å². The minimum Gasteiger partial charge on any atom is -0.491 e. The van der Waals surface area contributed by atoms with Crippen LogP contribution in [0.5, 0.6) is 5.75 Å². The van der Waals surface area contributed by atoms with Gasteiger partial charge in [-0.1, -0.05) is 49.7 Å². The van der Waals surface area contributed by atoms with Crippen molar-refractivity contribution in [1.82, 2.24) is 0 Å². The molecule has 0 saturated heterocycles. The van der Waals surface area contributed by atoms with Crippen LogP contribution in [0.2, 0.25) is 0 Å². The molecule has 3 aromatic carbocycles. The second kappa shape index (κ2) is 9.01. The van der Waals surface area contributed by atoms with Gasteiger partial charge in [0.05, 0.1) is 17.7 Å². The Morgan fingerprint density at radius 2 is 1.18 bits per heavy atom. The van der Waals surface area contributed by atoms with Gasteiger partial charge in [0.2, 0.25) is 0 Å². The maximum Gasteiger partial charge on any atom is 0.343 e. The molecule has 1 aliphatic rings. The number of ether oxygens (including phenoxy) is 1. The fourth-order valence-electron chi connectivity index (χ4n) is 4.45. The summed E-state index contributed by atoms with van der Waals surface area (Å²) in [5, 5.41) is 0. The maximum absolute atomic E-state index is 15.3. The lowest BCUT2D eigenvalue weighted by molar-refractivity contribution is -0.228. The molecule has 0 N–H and O–H groups in total. The lowest BCUT2D eigenvalue weighted by Crippen LogP contribution is -2.41. The second-order valence-electron chi connectivity index (χ2n) is 8.41. The summed E-state index contributed by atoms with van der Waals surface area (Å²) in [6.07, 6.45) is 2.33. The maximum atomic E-state index is 15.3. The fourth-order valence-corrected chi connectivity index (χ4v) is 4.45. The van der Waals surface area contributed by atoms with Gasteiger partial charge in [-0.05, 0) is 66.1 Å². The van der Waals surface area contributed by atoms with Crippen molar-refractivity contribution in [1.29, 1.82) is 0 Å². The summed E-state index contributed by atoms with van der Waals surface area (Å²) in [5.41, 5.74) is -1.85. The molecule has 180 valence electrons. The molecule has 0 unspecified atom stereocenters. The largest absolute Gasteiger partial charge is 0.491 e. The lowest BCUT2D eigenvalue weighted by atomic mass is 9.78. The Morgan fingerprint density at radius 3 is 1.74 bits per heavy atom. The molecule has 3 aromatic rings. The molecular formula is C27H24F6O. The zero-order valence-electron chi connectivity index (χ0n) is 18.8. The Morgan fingerprint density at radius 1 is 0.647 bits per heavy atom. The quantitative estimate of drug-likeness (QED) is 0.313. The van der Waals surface area contributed by atoms with Crippen molar-refractivity contribution in [2.24, 2.45) is 0 Å². The Balaban J connectivity index is 1.74. The summed E-state index contributed by atoms with van der Waals surface area (Å²) in [6.45, 7) is 3.54. The van der Waals surface area contributed by atoms with Crippen molar-refractivity contribution >= 4 is 0 Å². The van der Waals surface area contributed by atoms with Crippen LogP contribution >= 0.6 is 0 Å². The molecule has 0 spiro atoms. The molecule has 0 saturated carbocycles. The molecule has 0 aliphatic heterocycles. The normalized spacial score (nSPS) is 15.5. The summed E-state index contributed by atoms with van der Waals surface area (Å²) in [5.74, 6) is -13.4. The average Bonchev–Trinajstić information content (AvgIpc) is 2.79. The average molecular weight is 478 g/mol. The molecule has 0 radical (unpaired) electrons. The van der Waals surface area contributed by atoms with E-state index in [0.717, 1.165) is 36.1 Å². The van der Waals surface area contributed by atoms with Gasteiger partial charge >= 0.3 is 11.8 Å². The predicted molar refractivity (Wildman–Crippen MR) is 119 cm³/mol. The number of benzene rings is 3. The molecule has 1 aliphatic carbocycles. The molecular weight excluding hydrogens is 454 g/mol. The van der Waals surface area contributed by atoms with E-state index in [1.807, 2.05) is 24.3 Å². The minimum absolute atomic E-state index is 0.0342. The number of aryl methyl sites for hydroxylation is 3. The summed E-state index contributed by atoms with van der Waals surface area (Å²) in [7, 11) is 0. The number of rotatable bonds is 7. The molecule has 34 heavy (non-hydrogen) atoms. The fraction of sp³-hybridized carbons (Fsp3) is 0.333. The van der Waals surface area contributed by atoms with Crippen molar-refractivity contribution in [3.05, 3.63) is 88.0 Å². The van der Waals surface area contributed by atoms with Crippen LogP contribution in [0.1, 0.15) is 48.1 Å². The number of halogens is 6. The van der Waals surface area contributed by atoms with E-state index in [1.54, 1.807) is 0 Å². The first kappa shape index (κ1) is 24.2. The van der Waals surface area contributed by atoms with E-state index in [4.69, 9.17) is 4.74 Å². The highest BCUT2D eigenvalue weighted by Gasteiger charge is 2.65. The Bertz CT molecular complexity index is 1200. The second-order valence-corrected chi connectivity index (χ2v) is 8.41. The summed E-state index contributed by atoms with van der Waals surface area (Å²) in [6, 6.07) is 12.3. The Labute approximate surface area is 194 Å². The number of hydrogen-bond donors (Lipinski definition) is 0. The molecule has 0 atom stereocenters. The molecule has 0 bridgehead atoms. The van der Waals surface area contributed by atoms with Crippen molar-refractivity contribution in [3.8, 4) is 16.9 Å². The highest BCUT2D eigenvalue weighted by molar-refractivity contribution is 5.77. The van der Waals surface area contributed by atoms with Gasteiger partial charge in [0.1, 0.15) is 5.82 Å². The molecule has 0 fully saturated rings. The first-order valence-corrected chi connectivity index (χ1v) is 11.2. The molecule has 0 aromatic heterocycles. The van der Waals surface area contributed by atoms with Crippen LogP contribution in [-0.4, -0.2) is 6.61 Å². The Kier molecular flexibility index (Phi) is 6.40. The third-order valence-electron chi connectivity index (χ3n) is 6.19. The van der Waals surface area contributed by atoms with Gasteiger partial charge < -0.3 is 4.74 Å². The van der Waals surface area contributed by atoms with Crippen LogP contribution in [0, 0.1) is 11.6 Å². The predicted octanol–water partition coefficient (Wildman–Crippen LogP) is 7.97. The summed E-state index contributed by atoms with van der Waals surface area (Å²) >= 11 is 0. The SMILES string of the molecule is CCCc1ccc(CCc2ccc3c(c2F)C(F)(F)C(F)(F)c2c-3ccc(OCC)c2F)cc1. The van der Waals surface area contributed by atoms with E-state index in [0.29, 0.717) is 6.42 Å². The third-order valence-corrected chi connectivity index (χ3v) is 6.19. The van der Waals surface area contributed by atoms with Gasteiger partial charge in [0.15, 0.2) is 11.6 Å². The van der Waals surface area contributed by atoms with E-state index in [9.17, 15) is 13.2 Å². The molecule has 0 heterocycles. The lowest BCUT2D eigenvalue weighted by Gasteiger charge is -2.35. The highest BCUT2D eigenvalue weighted by atomic mass is 19.3. The number of fused-ring (bicyclic) bond motifs is 3. The molecule has 0 amide bonds. The van der Waals surface area contributed by atoms with Crippen LogP contribution in [0.15, 0.2) is 48.5 Å². The topological polar surface area (TPSA) is 9.23 Å². The molecule has 1 nitrogen and oxygen atoms in total. The summed E-state index contributed by atoms with van der Waals surface area (Å²) in [4.78, 5) is 0. The first-order chi connectivity index (χ1) is 16.1. The van der Waals surface area contributed by atoms with Gasteiger partial charge in [-0.15, -0.1) is 0 Å². The molecule has 7 heteroatoms. The van der Waals surface area contributed by atoms with E-state index in [1.165, 1.54) is 19.1 Å². The minimum atomic E-state index is -4.96. The zero-order chi connectivity index (χ0) is 24.7. The van der Waals surface area contributed by atoms with Gasteiger partial charge in [-0.3, -0.25) is 0 Å². The van der Waals surface area contributed by atoms with Crippen molar-refractivity contribution in [3.63, 3.8) is 0 Å². The third kappa shape index (κ3) is 3.85. The van der Waals surface area contributed by atoms with Gasteiger partial charge in [-0.25, -0.2) is 8.78 Å². The van der Waals surface area contributed by atoms with Gasteiger partial charge in [-0.2, -0.15) is 17.6 Å². The van der Waals surface area contributed by atoms with Crippen molar-refractivity contribution < 1.29 is 31.1 Å². The van der Waals surface area contributed by atoms with Gasteiger partial charge in [0.25, 0.3) is 0 Å². The van der Waals surface area contributed by atoms with E-state index < -0.39 is 51.5 Å². The van der Waals surface area contributed by atoms with Gasteiger partial charge in [0, 0.05) is 0 Å². The van der Waals surface area contributed by atoms with Crippen molar-refractivity contribution in [2.45, 2.75) is 51.4 Å². The van der Waals surface area contributed by atoms with Crippen molar-refractivity contribution in [2.75, 3.05) is 6.61 Å². The molecule has 4 rings (SSSR count). The van der Waals surface area contributed by atoms with Crippen LogP contribution in [0.3, 0.4) is 0 Å². The monoisotopic (exact) mass is 478 g/mol. The van der Waals surface area contributed by atoms with Crippen LogP contribution in [0.4, 0.5) is 26.3 Å². The van der Waals surface area contributed by atoms with Crippen LogP contribution < -0.4 is 4.74 Å². The zero-order valence-corrected chi connectivity index (χ0v) is 18.8. The van der Waals surface area contributed by atoms with E-state index in [-0.39, 0.29) is 18.6 Å². The van der Waals surface area contributed by atoms with Crippen LogP contribution in [-0.2, 0) is 31.1 Å². The standard InChI is InChI=1S/C27H24F6O/c1-3-5-16-6-8-17(9-7-16)10-11-18-12-13-19-20-14-15-21(34-4-2)25(29)23(20)27(32,33)26(30,31)22(19)24(18)28/h6-9,12-15H,3-5,10-11H2,1-2H3. The number of hydrogen-bond acceptors (Lipinski definition) is 1. The first-order valence-electron chi connectivity index (χ1n) is 11.2.